The first kappa shape index (κ1) is 25.0. The number of piperazine rings is 1. The van der Waals surface area contributed by atoms with Crippen molar-refractivity contribution in [2.45, 2.75) is 46.3 Å². The van der Waals surface area contributed by atoms with Gasteiger partial charge in [-0.15, -0.1) is 0 Å². The van der Waals surface area contributed by atoms with Gasteiger partial charge in [0.05, 0.1) is 34.2 Å². The molecule has 0 bridgehead atoms. The number of amides is 1. The highest BCUT2D eigenvalue weighted by molar-refractivity contribution is 5.81. The molecule has 0 aliphatic carbocycles. The molecule has 0 spiro atoms. The van der Waals surface area contributed by atoms with Crippen molar-refractivity contribution in [2.24, 2.45) is 7.05 Å². The Bertz CT molecular complexity index is 1330. The maximum Gasteiger partial charge on any atom is 0.410 e. The number of hydrogen-bond donors (Lipinski definition) is 2. The summed E-state index contributed by atoms with van der Waals surface area (Å²) in [7, 11) is 1.99. The van der Waals surface area contributed by atoms with Crippen molar-refractivity contribution < 1.29 is 9.53 Å². The van der Waals surface area contributed by atoms with Crippen LogP contribution >= 0.6 is 0 Å². The summed E-state index contributed by atoms with van der Waals surface area (Å²) in [5.74, 6) is 0.483. The van der Waals surface area contributed by atoms with Crippen LogP contribution in [0.3, 0.4) is 0 Å². The van der Waals surface area contributed by atoms with E-state index < -0.39 is 5.60 Å². The fourth-order valence-corrected chi connectivity index (χ4v) is 4.32. The molecular formula is C25H33N9O2. The summed E-state index contributed by atoms with van der Waals surface area (Å²) in [4.78, 5) is 29.9. The van der Waals surface area contributed by atoms with Gasteiger partial charge in [-0.05, 0) is 46.8 Å². The second-order valence-electron chi connectivity index (χ2n) is 10.0. The van der Waals surface area contributed by atoms with Crippen LogP contribution in [-0.2, 0) is 11.8 Å². The second-order valence-corrected chi connectivity index (χ2v) is 10.0. The van der Waals surface area contributed by atoms with E-state index >= 15 is 0 Å². The number of nitrogens with zero attached hydrogens (tertiary/aromatic N) is 7. The third kappa shape index (κ3) is 5.12. The normalized spacial score (nSPS) is 15.0. The van der Waals surface area contributed by atoms with Gasteiger partial charge >= 0.3 is 6.09 Å². The Balaban J connectivity index is 1.64. The highest BCUT2D eigenvalue weighted by atomic mass is 16.6. The van der Waals surface area contributed by atoms with E-state index in [4.69, 9.17) is 15.5 Å². The van der Waals surface area contributed by atoms with Gasteiger partial charge in [-0.3, -0.25) is 0 Å². The zero-order chi connectivity index (χ0) is 26.2. The van der Waals surface area contributed by atoms with Crippen molar-refractivity contribution in [2.75, 3.05) is 42.1 Å². The smallest absolute Gasteiger partial charge is 0.410 e. The minimum atomic E-state index is -0.533. The largest absolute Gasteiger partial charge is 0.444 e. The number of nitrogen functional groups attached to an aromatic ring is 1. The maximum absolute atomic E-state index is 12.5. The van der Waals surface area contributed by atoms with Crippen molar-refractivity contribution in [1.29, 1.82) is 5.26 Å². The number of anilines is 3. The van der Waals surface area contributed by atoms with E-state index in [2.05, 4.69) is 32.3 Å². The second kappa shape index (κ2) is 9.53. The number of fused-ring (bicyclic) bond motifs is 1. The molecule has 3 aromatic rings. The van der Waals surface area contributed by atoms with Crippen LogP contribution in [0.4, 0.5) is 22.2 Å². The van der Waals surface area contributed by atoms with Crippen molar-refractivity contribution in [1.82, 2.24) is 24.4 Å². The lowest BCUT2D eigenvalue weighted by Gasteiger charge is -2.37. The maximum atomic E-state index is 12.5. The number of pyridine rings is 1. The number of hydrogen-bond acceptors (Lipinski definition) is 9. The fourth-order valence-electron chi connectivity index (χ4n) is 4.32. The SMILES string of the molecule is Cc1nc(N)nc(NC(C)c2nc3ccn(C)c3cc2N2CCN(C(=O)OC(C)(C)C)CC2)c1C#N. The molecule has 11 heteroatoms. The summed E-state index contributed by atoms with van der Waals surface area (Å²) in [6.45, 7) is 11.7. The predicted octanol–water partition coefficient (Wildman–Crippen LogP) is 3.36. The summed E-state index contributed by atoms with van der Waals surface area (Å²) < 4.78 is 7.58. The molecule has 1 saturated heterocycles. The van der Waals surface area contributed by atoms with Crippen LogP contribution in [-0.4, -0.2) is 62.3 Å². The third-order valence-corrected chi connectivity index (χ3v) is 6.13. The van der Waals surface area contributed by atoms with Gasteiger partial charge in [-0.25, -0.2) is 14.8 Å². The lowest BCUT2D eigenvalue weighted by Crippen LogP contribution is -2.50. The van der Waals surface area contributed by atoms with Gasteiger partial charge in [0.15, 0.2) is 0 Å². The molecular weight excluding hydrogens is 458 g/mol. The first-order chi connectivity index (χ1) is 17.0. The van der Waals surface area contributed by atoms with Gasteiger partial charge in [0.2, 0.25) is 5.95 Å². The quantitative estimate of drug-likeness (QED) is 0.562. The lowest BCUT2D eigenvalue weighted by molar-refractivity contribution is 0.0240. The number of aromatic nitrogens is 4. The summed E-state index contributed by atoms with van der Waals surface area (Å²) >= 11 is 0. The molecule has 36 heavy (non-hydrogen) atoms. The average Bonchev–Trinajstić information content (AvgIpc) is 3.17. The average molecular weight is 492 g/mol. The first-order valence-electron chi connectivity index (χ1n) is 12.0. The minimum absolute atomic E-state index is 0.103. The molecule has 1 atom stereocenters. The molecule has 1 aliphatic heterocycles. The van der Waals surface area contributed by atoms with E-state index in [9.17, 15) is 10.1 Å². The number of carbonyl (C=O) groups excluding carboxylic acids is 1. The summed E-state index contributed by atoms with van der Waals surface area (Å²) in [6, 6.07) is 5.98. The first-order valence-corrected chi connectivity index (χ1v) is 12.0. The molecule has 3 N–H and O–H groups in total. The van der Waals surface area contributed by atoms with E-state index in [1.54, 1.807) is 11.8 Å². The van der Waals surface area contributed by atoms with Gasteiger partial charge < -0.3 is 30.2 Å². The van der Waals surface area contributed by atoms with Crippen LogP contribution in [0.2, 0.25) is 0 Å². The van der Waals surface area contributed by atoms with E-state index in [0.717, 1.165) is 22.4 Å². The molecule has 1 amide bonds. The Hall–Kier alpha value is -4.07. The number of nitrogens with one attached hydrogen (secondary N) is 1. The van der Waals surface area contributed by atoms with Crippen LogP contribution in [0.5, 0.6) is 0 Å². The van der Waals surface area contributed by atoms with Crippen molar-refractivity contribution in [3.63, 3.8) is 0 Å². The number of carbonyl (C=O) groups is 1. The third-order valence-electron chi connectivity index (χ3n) is 6.13. The van der Waals surface area contributed by atoms with Crippen LogP contribution in [0.25, 0.3) is 11.0 Å². The standard InChI is InChI=1S/C25H33N9O2/c1-15-17(14-26)22(31-23(27)29-15)28-16(2)21-20(13-19-18(30-21)7-8-32(19)6)33-9-11-34(12-10-33)24(35)36-25(3,4)5/h7-8,13,16H,9-12H2,1-6H3,(H3,27,28,29,31). The van der Waals surface area contributed by atoms with Gasteiger partial charge in [0.25, 0.3) is 0 Å². The van der Waals surface area contributed by atoms with E-state index in [1.165, 1.54) is 0 Å². The van der Waals surface area contributed by atoms with Crippen molar-refractivity contribution >= 4 is 34.6 Å². The molecule has 1 aliphatic rings. The number of nitriles is 1. The van der Waals surface area contributed by atoms with E-state index in [0.29, 0.717) is 43.3 Å². The predicted molar refractivity (Wildman–Crippen MR) is 139 cm³/mol. The van der Waals surface area contributed by atoms with Gasteiger partial charge in [0, 0.05) is 39.4 Å². The highest BCUT2D eigenvalue weighted by Crippen LogP contribution is 2.32. The summed E-state index contributed by atoms with van der Waals surface area (Å²) in [5, 5.41) is 13.0. The molecule has 0 aromatic carbocycles. The molecule has 3 aromatic heterocycles. The number of ether oxygens (including phenoxy) is 1. The fraction of sp³-hybridized carbons (Fsp3) is 0.480. The van der Waals surface area contributed by atoms with Crippen LogP contribution in [0.15, 0.2) is 18.3 Å². The van der Waals surface area contributed by atoms with E-state index in [1.807, 2.05) is 51.6 Å². The van der Waals surface area contributed by atoms with Crippen LogP contribution in [0, 0.1) is 18.3 Å². The van der Waals surface area contributed by atoms with Gasteiger partial charge in [-0.1, -0.05) is 0 Å². The molecule has 0 radical (unpaired) electrons. The highest BCUT2D eigenvalue weighted by Gasteiger charge is 2.28. The number of rotatable bonds is 4. The zero-order valence-electron chi connectivity index (χ0n) is 21.7. The van der Waals surface area contributed by atoms with Crippen molar-refractivity contribution in [3.05, 3.63) is 35.3 Å². The van der Waals surface area contributed by atoms with Crippen LogP contribution < -0.4 is 16.0 Å². The molecule has 4 rings (SSSR count). The van der Waals surface area contributed by atoms with Crippen molar-refractivity contribution in [3.8, 4) is 6.07 Å². The monoisotopic (exact) mass is 491 g/mol. The number of nitrogens with two attached hydrogens (primary N) is 1. The molecule has 1 fully saturated rings. The summed E-state index contributed by atoms with van der Waals surface area (Å²) in [5.41, 5.74) is 9.86. The van der Waals surface area contributed by atoms with Gasteiger partial charge in [-0.2, -0.15) is 10.2 Å². The lowest BCUT2D eigenvalue weighted by atomic mass is 10.1. The minimum Gasteiger partial charge on any atom is -0.444 e. The Kier molecular flexibility index (Phi) is 6.63. The molecule has 11 nitrogen and oxygen atoms in total. The van der Waals surface area contributed by atoms with E-state index in [-0.39, 0.29) is 18.1 Å². The molecule has 4 heterocycles. The zero-order valence-corrected chi connectivity index (χ0v) is 21.7. The Morgan fingerprint density at radius 1 is 1.22 bits per heavy atom. The van der Waals surface area contributed by atoms with Crippen LogP contribution in [0.1, 0.15) is 50.7 Å². The topological polar surface area (TPSA) is 138 Å². The molecule has 190 valence electrons. The Morgan fingerprint density at radius 2 is 1.92 bits per heavy atom. The summed E-state index contributed by atoms with van der Waals surface area (Å²) in [6.07, 6.45) is 1.68. The Morgan fingerprint density at radius 3 is 2.56 bits per heavy atom. The molecule has 0 saturated carbocycles. The number of aryl methyl sites for hydroxylation is 2. The Labute approximate surface area is 210 Å². The molecule has 1 unspecified atom stereocenters. The van der Waals surface area contributed by atoms with Gasteiger partial charge in [0.1, 0.15) is 23.1 Å².